The van der Waals surface area contributed by atoms with E-state index in [-0.39, 0.29) is 23.8 Å². The molecule has 3 unspecified atom stereocenters. The summed E-state index contributed by atoms with van der Waals surface area (Å²) in [6.07, 6.45) is 0.627. The van der Waals surface area contributed by atoms with Gasteiger partial charge < -0.3 is 10.6 Å². The van der Waals surface area contributed by atoms with Crippen molar-refractivity contribution < 1.29 is 9.00 Å². The molecule has 7 heteroatoms. The second kappa shape index (κ2) is 11.6. The molecule has 33 heavy (non-hydrogen) atoms. The van der Waals surface area contributed by atoms with Crippen molar-refractivity contribution in [3.8, 4) is 0 Å². The summed E-state index contributed by atoms with van der Waals surface area (Å²) < 4.78 is 15.9. The van der Waals surface area contributed by atoms with Crippen LogP contribution in [0.3, 0.4) is 0 Å². The molecule has 1 fully saturated rings. The highest BCUT2D eigenvalue weighted by Crippen LogP contribution is 2.24. The fourth-order valence-corrected chi connectivity index (χ4v) is 5.65. The van der Waals surface area contributed by atoms with E-state index in [1.165, 1.54) is 11.1 Å². The Hall–Kier alpha value is -2.51. The van der Waals surface area contributed by atoms with Gasteiger partial charge in [-0.1, -0.05) is 82.5 Å². The van der Waals surface area contributed by atoms with Gasteiger partial charge in [-0.2, -0.15) is 0 Å². The quantitative estimate of drug-likeness (QED) is 0.337. The number of carbonyl (C=O) groups excluding carboxylic acids is 1. The van der Waals surface area contributed by atoms with Gasteiger partial charge in [0, 0.05) is 36.6 Å². The van der Waals surface area contributed by atoms with Crippen LogP contribution < -0.4 is 15.4 Å². The van der Waals surface area contributed by atoms with Gasteiger partial charge in [-0.05, 0) is 29.7 Å². The monoisotopic (exact) mass is 482 g/mol. The Balaban J connectivity index is 1.36. The number of benzene rings is 3. The highest BCUT2D eigenvalue weighted by Gasteiger charge is 2.30. The van der Waals surface area contributed by atoms with E-state index >= 15 is 0 Å². The van der Waals surface area contributed by atoms with Gasteiger partial charge in [-0.15, -0.1) is 4.72 Å². The van der Waals surface area contributed by atoms with E-state index in [0.29, 0.717) is 36.0 Å². The van der Waals surface area contributed by atoms with Crippen LogP contribution in [0.15, 0.2) is 89.8 Å². The van der Waals surface area contributed by atoms with Crippen molar-refractivity contribution in [3.63, 3.8) is 0 Å². The fraction of sp³-hybridized carbons (Fsp3) is 0.269. The second-order valence-corrected chi connectivity index (χ2v) is 10.1. The standard InChI is InChI=1S/C26H28ClN3O2S/c27-22-12-7-13-24(15-22)33(32)30-23-14-21(16-28-17-23)26(31)29-18-25(19-8-3-1-4-9-19)20-10-5-2-6-11-20/h1-13,15,21,23,25,28H,14,16-18H2,(H,29,31)(H,30,32)/p+1. The minimum Gasteiger partial charge on any atom is -0.355 e. The van der Waals surface area contributed by atoms with Crippen LogP contribution in [0.1, 0.15) is 23.5 Å². The van der Waals surface area contributed by atoms with Crippen LogP contribution in [0.25, 0.3) is 0 Å². The lowest BCUT2D eigenvalue weighted by Gasteiger charge is -2.28. The van der Waals surface area contributed by atoms with Gasteiger partial charge in [-0.3, -0.25) is 4.79 Å². The minimum absolute atomic E-state index is 0.0174. The lowest BCUT2D eigenvalue weighted by molar-refractivity contribution is -0.125. The zero-order valence-electron chi connectivity index (χ0n) is 18.3. The van der Waals surface area contributed by atoms with Gasteiger partial charge in [0.2, 0.25) is 5.91 Å². The van der Waals surface area contributed by atoms with Gasteiger partial charge >= 0.3 is 0 Å². The van der Waals surface area contributed by atoms with Gasteiger partial charge in [0.25, 0.3) is 0 Å². The average Bonchev–Trinajstić information content (AvgIpc) is 2.85. The summed E-state index contributed by atoms with van der Waals surface area (Å²) in [7, 11) is -1.79. The molecule has 0 spiro atoms. The van der Waals surface area contributed by atoms with Gasteiger partial charge in [0.15, 0.2) is 15.9 Å². The molecule has 0 radical (unpaired) electrons. The van der Waals surface area contributed by atoms with Crippen LogP contribution in [-0.4, -0.2) is 31.6 Å². The Morgan fingerprint density at radius 1 is 0.970 bits per heavy atom. The number of halogens is 1. The first-order chi connectivity index (χ1) is 16.1. The predicted molar refractivity (Wildman–Crippen MR) is 135 cm³/mol. The molecule has 1 aliphatic heterocycles. The van der Waals surface area contributed by atoms with Crippen molar-refractivity contribution >= 4 is 28.5 Å². The molecule has 4 rings (SSSR count). The molecule has 5 nitrogen and oxygen atoms in total. The first kappa shape index (κ1) is 23.6. The zero-order valence-corrected chi connectivity index (χ0v) is 19.9. The molecule has 1 amide bonds. The maximum Gasteiger partial charge on any atom is 0.224 e. The summed E-state index contributed by atoms with van der Waals surface area (Å²) >= 11 is 6.02. The van der Waals surface area contributed by atoms with Gasteiger partial charge in [-0.25, -0.2) is 0 Å². The Bertz CT molecular complexity index is 1040. The highest BCUT2D eigenvalue weighted by atomic mass is 35.5. The molecule has 0 aliphatic carbocycles. The highest BCUT2D eigenvalue weighted by molar-refractivity contribution is 7.83. The summed E-state index contributed by atoms with van der Waals surface area (Å²) in [6.45, 7) is 1.81. The number of piperidine rings is 1. The van der Waals surface area contributed by atoms with Crippen molar-refractivity contribution in [2.45, 2.75) is 23.3 Å². The third-order valence-corrected chi connectivity index (χ3v) is 7.53. The Kier molecular flexibility index (Phi) is 8.29. The summed E-state index contributed by atoms with van der Waals surface area (Å²) in [6, 6.07) is 27.5. The molecule has 0 bridgehead atoms. The number of thiol groups is 1. The maximum absolute atomic E-state index is 13.0. The molecule has 3 N–H and O–H groups in total. The first-order valence-electron chi connectivity index (χ1n) is 11.2. The Morgan fingerprint density at radius 2 is 1.64 bits per heavy atom. The molecule has 1 saturated heterocycles. The van der Waals surface area contributed by atoms with Crippen molar-refractivity contribution in [3.05, 3.63) is 101 Å². The Morgan fingerprint density at radius 3 is 2.27 bits per heavy atom. The summed E-state index contributed by atoms with van der Waals surface area (Å²) in [4.78, 5) is 13.7. The van der Waals surface area contributed by atoms with Gasteiger partial charge in [0.05, 0.1) is 12.0 Å². The number of rotatable bonds is 8. The summed E-state index contributed by atoms with van der Waals surface area (Å²) in [5.41, 5.74) is 2.34. The molecule has 0 saturated carbocycles. The second-order valence-electron chi connectivity index (χ2n) is 8.31. The first-order valence-corrected chi connectivity index (χ1v) is 12.8. The van der Waals surface area contributed by atoms with E-state index < -0.39 is 11.0 Å². The topological polar surface area (TPSA) is 70.2 Å². The number of amides is 1. The predicted octanol–water partition coefficient (Wildman–Crippen LogP) is 3.83. The molecule has 3 atom stereocenters. The maximum atomic E-state index is 13.0. The normalized spacial score (nSPS) is 19.2. The lowest BCUT2D eigenvalue weighted by atomic mass is 9.90. The van der Waals surface area contributed by atoms with Crippen LogP contribution in [-0.2, 0) is 20.0 Å². The van der Waals surface area contributed by atoms with Crippen LogP contribution in [0.2, 0.25) is 5.02 Å². The average molecular weight is 483 g/mol. The van der Waals surface area contributed by atoms with E-state index in [2.05, 4.69) is 39.6 Å². The molecule has 172 valence electrons. The lowest BCUT2D eigenvalue weighted by Crippen LogP contribution is -2.51. The number of nitrogens with one attached hydrogen (secondary N) is 3. The Labute approximate surface area is 202 Å². The molecular weight excluding hydrogens is 454 g/mol. The largest absolute Gasteiger partial charge is 0.355 e. The van der Waals surface area contributed by atoms with Gasteiger partial charge in [0.1, 0.15) is 0 Å². The van der Waals surface area contributed by atoms with Crippen molar-refractivity contribution in [2.24, 2.45) is 5.92 Å². The van der Waals surface area contributed by atoms with E-state index in [4.69, 9.17) is 11.6 Å². The number of hydrogen-bond donors (Lipinski definition) is 3. The van der Waals surface area contributed by atoms with Crippen molar-refractivity contribution in [1.29, 1.82) is 0 Å². The summed E-state index contributed by atoms with van der Waals surface area (Å²) in [5.74, 6) is -0.0887. The molecule has 1 heterocycles. The molecular formula is C26H29ClN3O2S+. The van der Waals surface area contributed by atoms with Crippen LogP contribution in [0.4, 0.5) is 0 Å². The van der Waals surface area contributed by atoms with Crippen LogP contribution in [0.5, 0.6) is 0 Å². The number of hydrogen-bond acceptors (Lipinski definition) is 3. The van der Waals surface area contributed by atoms with Crippen molar-refractivity contribution in [2.75, 3.05) is 19.6 Å². The third-order valence-electron chi connectivity index (χ3n) is 5.95. The third kappa shape index (κ3) is 6.51. The SMILES string of the molecule is O=C(NCC(c1ccccc1)c1ccccc1)C1CNCC(N[SH+](=O)c2cccc(Cl)c2)C1. The van der Waals surface area contributed by atoms with E-state index in [1.807, 2.05) is 36.4 Å². The minimum atomic E-state index is -1.79. The zero-order chi connectivity index (χ0) is 23.0. The van der Waals surface area contributed by atoms with E-state index in [0.717, 1.165) is 0 Å². The smallest absolute Gasteiger partial charge is 0.224 e. The molecule has 3 aromatic carbocycles. The molecule has 0 aromatic heterocycles. The van der Waals surface area contributed by atoms with Crippen LogP contribution in [0, 0.1) is 5.92 Å². The summed E-state index contributed by atoms with van der Waals surface area (Å²) in [5, 5.41) is 7.03. The molecule has 3 aromatic rings. The van der Waals surface area contributed by atoms with Crippen molar-refractivity contribution in [1.82, 2.24) is 15.4 Å². The molecule has 1 aliphatic rings. The van der Waals surface area contributed by atoms with Crippen LogP contribution >= 0.6 is 11.6 Å². The fourth-order valence-electron chi connectivity index (χ4n) is 4.23. The van der Waals surface area contributed by atoms with E-state index in [1.54, 1.807) is 24.3 Å². The number of carbonyl (C=O) groups is 1. The van der Waals surface area contributed by atoms with E-state index in [9.17, 15) is 9.00 Å².